The highest BCUT2D eigenvalue weighted by molar-refractivity contribution is 9.10. The summed E-state index contributed by atoms with van der Waals surface area (Å²) < 4.78 is 6.27. The van der Waals surface area contributed by atoms with Gasteiger partial charge in [0.15, 0.2) is 0 Å². The lowest BCUT2D eigenvalue weighted by atomic mass is 10.1. The number of nitro benzene ring substituents is 1. The maximum absolute atomic E-state index is 12.7. The van der Waals surface area contributed by atoms with Crippen LogP contribution >= 0.6 is 15.9 Å². The summed E-state index contributed by atoms with van der Waals surface area (Å²) in [5.74, 6) is 0.379. The number of furan rings is 1. The van der Waals surface area contributed by atoms with Gasteiger partial charge in [-0.3, -0.25) is 19.8 Å². The molecule has 0 bridgehead atoms. The van der Waals surface area contributed by atoms with E-state index in [1.165, 1.54) is 18.2 Å². The molecule has 1 fully saturated rings. The van der Waals surface area contributed by atoms with Crippen molar-refractivity contribution in [3.8, 4) is 11.3 Å². The first-order valence-electron chi connectivity index (χ1n) is 9.26. The Kier molecular flexibility index (Phi) is 5.43. The molecule has 0 atom stereocenters. The van der Waals surface area contributed by atoms with E-state index in [1.54, 1.807) is 18.2 Å². The van der Waals surface area contributed by atoms with Crippen molar-refractivity contribution in [2.75, 3.05) is 0 Å². The maximum Gasteiger partial charge on any atom is 0.329 e. The van der Waals surface area contributed by atoms with Gasteiger partial charge in [-0.2, -0.15) is 0 Å². The number of carbonyl (C=O) groups excluding carboxylic acids is 2. The predicted molar refractivity (Wildman–Crippen MR) is 117 cm³/mol. The van der Waals surface area contributed by atoms with Crippen LogP contribution in [-0.2, 0) is 11.3 Å². The molecule has 3 amide bonds. The number of nitrogens with one attached hydrogen (secondary N) is 1. The molecular weight excluding hydrogens is 466 g/mol. The molecule has 3 aromatic rings. The molecule has 0 unspecified atom stereocenters. The molecular formula is C22H16BrN3O5. The zero-order valence-electron chi connectivity index (χ0n) is 16.3. The van der Waals surface area contributed by atoms with Crippen LogP contribution in [0.3, 0.4) is 0 Å². The average Bonchev–Trinajstić information content (AvgIpc) is 3.28. The highest BCUT2D eigenvalue weighted by Gasteiger charge is 2.33. The predicted octanol–water partition coefficient (Wildman–Crippen LogP) is 5.02. The number of halogens is 1. The van der Waals surface area contributed by atoms with E-state index < -0.39 is 16.9 Å². The monoisotopic (exact) mass is 481 g/mol. The second-order valence-corrected chi connectivity index (χ2v) is 7.85. The quantitative estimate of drug-likeness (QED) is 0.238. The van der Waals surface area contributed by atoms with Crippen molar-refractivity contribution >= 4 is 39.6 Å². The van der Waals surface area contributed by atoms with Gasteiger partial charge in [0.05, 0.1) is 11.5 Å². The van der Waals surface area contributed by atoms with E-state index in [9.17, 15) is 19.7 Å². The largest absolute Gasteiger partial charge is 0.457 e. The summed E-state index contributed by atoms with van der Waals surface area (Å²) in [7, 11) is 0. The third-order valence-electron chi connectivity index (χ3n) is 4.73. The molecule has 31 heavy (non-hydrogen) atoms. The van der Waals surface area contributed by atoms with Gasteiger partial charge in [0, 0.05) is 28.2 Å². The Bertz CT molecular complexity index is 1250. The van der Waals surface area contributed by atoms with Crippen molar-refractivity contribution in [3.63, 3.8) is 0 Å². The minimum absolute atomic E-state index is 0.0440. The van der Waals surface area contributed by atoms with Gasteiger partial charge in [0.1, 0.15) is 17.2 Å². The van der Waals surface area contributed by atoms with Crippen LogP contribution < -0.4 is 5.32 Å². The Labute approximate surface area is 185 Å². The lowest BCUT2D eigenvalue weighted by Crippen LogP contribution is -2.30. The van der Waals surface area contributed by atoms with Crippen molar-refractivity contribution in [1.82, 2.24) is 10.2 Å². The fourth-order valence-electron chi connectivity index (χ4n) is 3.24. The summed E-state index contributed by atoms with van der Waals surface area (Å²) >= 11 is 3.31. The molecule has 1 aliphatic rings. The molecule has 1 N–H and O–H groups in total. The molecule has 0 radical (unpaired) electrons. The van der Waals surface area contributed by atoms with Gasteiger partial charge in [-0.1, -0.05) is 29.8 Å². The Morgan fingerprint density at radius 1 is 1.16 bits per heavy atom. The van der Waals surface area contributed by atoms with E-state index >= 15 is 0 Å². The Morgan fingerprint density at radius 3 is 2.68 bits per heavy atom. The molecule has 1 aromatic heterocycles. The first-order valence-corrected chi connectivity index (χ1v) is 10.1. The normalized spacial score (nSPS) is 14.9. The number of urea groups is 1. The van der Waals surface area contributed by atoms with Gasteiger partial charge in [-0.05, 0) is 46.6 Å². The molecule has 156 valence electrons. The Morgan fingerprint density at radius 2 is 1.97 bits per heavy atom. The number of aryl methyl sites for hydroxylation is 1. The summed E-state index contributed by atoms with van der Waals surface area (Å²) in [5, 5.41) is 13.5. The van der Waals surface area contributed by atoms with Gasteiger partial charge in [-0.15, -0.1) is 0 Å². The molecule has 4 rings (SSSR count). The van der Waals surface area contributed by atoms with E-state index in [1.807, 2.05) is 31.2 Å². The van der Waals surface area contributed by atoms with E-state index in [2.05, 4.69) is 21.2 Å². The Balaban J connectivity index is 1.55. The molecule has 9 heteroatoms. The standard InChI is InChI=1S/C22H16BrN3O5/c1-13-3-2-4-14(9-13)12-25-21(27)19(24-22(25)28)11-16-6-8-20(31-16)17-7-5-15(26(29)30)10-18(17)23/h2-11H,12H2,1H3,(H,24,28)/b19-11-. The molecule has 1 aliphatic heterocycles. The van der Waals surface area contributed by atoms with Crippen molar-refractivity contribution in [2.24, 2.45) is 0 Å². The van der Waals surface area contributed by atoms with Crippen LogP contribution in [0.15, 0.2) is 69.2 Å². The Hall–Kier alpha value is -3.72. The lowest BCUT2D eigenvalue weighted by Gasteiger charge is -2.12. The van der Waals surface area contributed by atoms with Crippen LogP contribution in [0.25, 0.3) is 17.4 Å². The van der Waals surface area contributed by atoms with Crippen LogP contribution in [0.1, 0.15) is 16.9 Å². The second kappa shape index (κ2) is 8.19. The number of hydrogen-bond donors (Lipinski definition) is 1. The molecule has 8 nitrogen and oxygen atoms in total. The summed E-state index contributed by atoms with van der Waals surface area (Å²) in [5.41, 5.74) is 2.59. The summed E-state index contributed by atoms with van der Waals surface area (Å²) in [6, 6.07) is 14.8. The minimum atomic E-state index is -0.498. The first kappa shape index (κ1) is 20.5. The summed E-state index contributed by atoms with van der Waals surface area (Å²) in [6.45, 7) is 2.11. The number of carbonyl (C=O) groups is 2. The average molecular weight is 482 g/mol. The highest BCUT2D eigenvalue weighted by Crippen LogP contribution is 2.33. The van der Waals surface area contributed by atoms with Gasteiger partial charge < -0.3 is 9.73 Å². The molecule has 2 aromatic carbocycles. The topological polar surface area (TPSA) is 106 Å². The summed E-state index contributed by atoms with van der Waals surface area (Å²) in [6.07, 6.45) is 1.46. The number of imide groups is 1. The van der Waals surface area contributed by atoms with Crippen LogP contribution in [0.2, 0.25) is 0 Å². The zero-order valence-corrected chi connectivity index (χ0v) is 17.9. The molecule has 0 spiro atoms. The van der Waals surface area contributed by atoms with Crippen molar-refractivity contribution in [1.29, 1.82) is 0 Å². The van der Waals surface area contributed by atoms with Crippen LogP contribution in [-0.4, -0.2) is 21.8 Å². The molecule has 2 heterocycles. The number of non-ortho nitro benzene ring substituents is 1. The third kappa shape index (κ3) is 4.26. The number of benzene rings is 2. The number of nitro groups is 1. The fourth-order valence-corrected chi connectivity index (χ4v) is 3.81. The molecule has 0 aliphatic carbocycles. The zero-order chi connectivity index (χ0) is 22.1. The highest BCUT2D eigenvalue weighted by atomic mass is 79.9. The van der Waals surface area contributed by atoms with Gasteiger partial charge in [-0.25, -0.2) is 4.79 Å². The van der Waals surface area contributed by atoms with Crippen molar-refractivity contribution in [2.45, 2.75) is 13.5 Å². The first-order chi connectivity index (χ1) is 14.8. The number of rotatable bonds is 5. The SMILES string of the molecule is Cc1cccc(CN2C(=O)N/C(=C\c3ccc(-c4ccc([N+](=O)[O-])cc4Br)o3)C2=O)c1. The van der Waals surface area contributed by atoms with E-state index in [0.29, 0.717) is 21.6 Å². The number of nitrogens with zero attached hydrogens (tertiary/aromatic N) is 2. The molecule has 0 saturated carbocycles. The number of hydrogen-bond acceptors (Lipinski definition) is 5. The lowest BCUT2D eigenvalue weighted by molar-refractivity contribution is -0.384. The number of amides is 3. The minimum Gasteiger partial charge on any atom is -0.457 e. The third-order valence-corrected chi connectivity index (χ3v) is 5.38. The van der Waals surface area contributed by atoms with E-state index in [0.717, 1.165) is 16.0 Å². The van der Waals surface area contributed by atoms with Gasteiger partial charge >= 0.3 is 6.03 Å². The van der Waals surface area contributed by atoms with Gasteiger partial charge in [0.25, 0.3) is 11.6 Å². The van der Waals surface area contributed by atoms with Crippen LogP contribution in [0, 0.1) is 17.0 Å². The maximum atomic E-state index is 12.7. The molecule has 1 saturated heterocycles. The van der Waals surface area contributed by atoms with Crippen LogP contribution in [0.4, 0.5) is 10.5 Å². The smallest absolute Gasteiger partial charge is 0.329 e. The van der Waals surface area contributed by atoms with Gasteiger partial charge in [0.2, 0.25) is 0 Å². The fraction of sp³-hybridized carbons (Fsp3) is 0.0909. The summed E-state index contributed by atoms with van der Waals surface area (Å²) in [4.78, 5) is 36.5. The van der Waals surface area contributed by atoms with Crippen LogP contribution in [0.5, 0.6) is 0 Å². The van der Waals surface area contributed by atoms with E-state index in [4.69, 9.17) is 4.42 Å². The van der Waals surface area contributed by atoms with Crippen molar-refractivity contribution in [3.05, 3.63) is 91.8 Å². The second-order valence-electron chi connectivity index (χ2n) is 6.99. The van der Waals surface area contributed by atoms with Crippen molar-refractivity contribution < 1.29 is 18.9 Å². The van der Waals surface area contributed by atoms with E-state index in [-0.39, 0.29) is 17.9 Å².